The van der Waals surface area contributed by atoms with Crippen molar-refractivity contribution in [1.29, 1.82) is 0 Å². The van der Waals surface area contributed by atoms with E-state index in [2.05, 4.69) is 10.1 Å². The average Bonchev–Trinajstić information content (AvgIpc) is 2.79. The van der Waals surface area contributed by atoms with Crippen LogP contribution < -0.4 is 0 Å². The maximum Gasteiger partial charge on any atom is 0.356 e. The van der Waals surface area contributed by atoms with E-state index in [1.807, 2.05) is 0 Å². The molecule has 7 heteroatoms. The summed E-state index contributed by atoms with van der Waals surface area (Å²) >= 11 is 12.1. The molecule has 0 radical (unpaired) electrons. The second-order valence-electron chi connectivity index (χ2n) is 4.07. The number of aromatic amines is 1. The standard InChI is InChI=1S/C13H12Cl2N2O3/c1-2-20-13(18)11(17-19)3-7-6-16-10-5-8(14)4-9(15)12(7)10/h4-6,16,19H,2-3H2,1H3. The fourth-order valence-corrected chi connectivity index (χ4v) is 2.55. The van der Waals surface area contributed by atoms with Gasteiger partial charge in [0, 0.05) is 28.5 Å². The molecule has 106 valence electrons. The van der Waals surface area contributed by atoms with E-state index >= 15 is 0 Å². The Kier molecular flexibility index (Phi) is 4.52. The van der Waals surface area contributed by atoms with Crippen molar-refractivity contribution < 1.29 is 14.7 Å². The van der Waals surface area contributed by atoms with Gasteiger partial charge in [0.2, 0.25) is 0 Å². The first-order valence-electron chi connectivity index (χ1n) is 5.89. The number of nitrogens with one attached hydrogen (secondary N) is 1. The number of aromatic nitrogens is 1. The molecule has 5 nitrogen and oxygen atoms in total. The number of carbonyl (C=O) groups excluding carboxylic acids is 1. The normalized spacial score (nSPS) is 11.8. The van der Waals surface area contributed by atoms with Gasteiger partial charge in [-0.15, -0.1) is 0 Å². The monoisotopic (exact) mass is 314 g/mol. The zero-order valence-electron chi connectivity index (χ0n) is 10.6. The molecule has 0 aliphatic rings. The molecule has 0 saturated heterocycles. The van der Waals surface area contributed by atoms with Crippen molar-refractivity contribution in [2.45, 2.75) is 13.3 Å². The van der Waals surface area contributed by atoms with Crippen LogP contribution in [0.3, 0.4) is 0 Å². The van der Waals surface area contributed by atoms with Crippen molar-refractivity contribution >= 4 is 45.8 Å². The molecule has 2 rings (SSSR count). The molecule has 0 amide bonds. The molecule has 0 saturated carbocycles. The number of hydrogen-bond donors (Lipinski definition) is 2. The Bertz CT molecular complexity index is 680. The minimum atomic E-state index is -0.658. The van der Waals surface area contributed by atoms with Gasteiger partial charge in [-0.05, 0) is 24.6 Å². The van der Waals surface area contributed by atoms with E-state index in [4.69, 9.17) is 33.1 Å². The Morgan fingerprint density at radius 2 is 2.20 bits per heavy atom. The third-order valence-corrected chi connectivity index (χ3v) is 3.28. The molecule has 0 aliphatic carbocycles. The summed E-state index contributed by atoms with van der Waals surface area (Å²) < 4.78 is 4.81. The van der Waals surface area contributed by atoms with E-state index in [9.17, 15) is 4.79 Å². The van der Waals surface area contributed by atoms with Crippen LogP contribution in [0, 0.1) is 0 Å². The highest BCUT2D eigenvalue weighted by Gasteiger charge is 2.18. The smallest absolute Gasteiger partial charge is 0.356 e. The van der Waals surface area contributed by atoms with Gasteiger partial charge >= 0.3 is 5.97 Å². The number of fused-ring (bicyclic) bond motifs is 1. The number of hydrogen-bond acceptors (Lipinski definition) is 4. The fourth-order valence-electron chi connectivity index (χ4n) is 1.93. The summed E-state index contributed by atoms with van der Waals surface area (Å²) in [6.07, 6.45) is 1.80. The summed E-state index contributed by atoms with van der Waals surface area (Å²) in [4.78, 5) is 14.6. The number of carbonyl (C=O) groups is 1. The Hall–Kier alpha value is -1.72. The summed E-state index contributed by atoms with van der Waals surface area (Å²) in [5.74, 6) is -0.658. The maximum atomic E-state index is 11.6. The van der Waals surface area contributed by atoms with Crippen LogP contribution in [0.2, 0.25) is 10.0 Å². The van der Waals surface area contributed by atoms with E-state index in [0.29, 0.717) is 10.0 Å². The van der Waals surface area contributed by atoms with Gasteiger partial charge in [-0.2, -0.15) is 0 Å². The summed E-state index contributed by atoms with van der Waals surface area (Å²) in [6.45, 7) is 1.89. The van der Waals surface area contributed by atoms with Gasteiger partial charge in [-0.25, -0.2) is 4.79 Å². The minimum Gasteiger partial charge on any atom is -0.461 e. The highest BCUT2D eigenvalue weighted by molar-refractivity contribution is 6.40. The molecule has 0 spiro atoms. The Morgan fingerprint density at radius 3 is 2.85 bits per heavy atom. The maximum absolute atomic E-state index is 11.6. The third kappa shape index (κ3) is 2.89. The van der Waals surface area contributed by atoms with Crippen LogP contribution in [-0.2, 0) is 16.0 Å². The van der Waals surface area contributed by atoms with Crippen LogP contribution in [0.1, 0.15) is 12.5 Å². The van der Waals surface area contributed by atoms with Crippen LogP contribution in [-0.4, -0.2) is 28.5 Å². The summed E-state index contributed by atoms with van der Waals surface area (Å²) in [5.41, 5.74) is 1.39. The van der Waals surface area contributed by atoms with Crippen LogP contribution in [0.15, 0.2) is 23.5 Å². The summed E-state index contributed by atoms with van der Waals surface area (Å²) in [5, 5.41) is 13.6. The zero-order valence-corrected chi connectivity index (χ0v) is 12.1. The Balaban J connectivity index is 2.37. The van der Waals surface area contributed by atoms with Crippen LogP contribution in [0.25, 0.3) is 10.9 Å². The van der Waals surface area contributed by atoms with Crippen molar-refractivity contribution in [3.05, 3.63) is 33.9 Å². The number of esters is 1. The largest absolute Gasteiger partial charge is 0.461 e. The SMILES string of the molecule is CCOC(=O)C(Cc1c[nH]c2cc(Cl)cc(Cl)c12)=NO. The van der Waals surface area contributed by atoms with E-state index in [0.717, 1.165) is 16.5 Å². The second-order valence-corrected chi connectivity index (χ2v) is 4.91. The van der Waals surface area contributed by atoms with Crippen LogP contribution >= 0.6 is 23.2 Å². The van der Waals surface area contributed by atoms with Gasteiger partial charge in [-0.3, -0.25) is 0 Å². The van der Waals surface area contributed by atoms with Gasteiger partial charge in [0.15, 0.2) is 5.71 Å². The number of benzene rings is 1. The van der Waals surface area contributed by atoms with Gasteiger partial charge in [0.25, 0.3) is 0 Å². The molecular weight excluding hydrogens is 303 g/mol. The first-order chi connectivity index (χ1) is 9.56. The molecule has 20 heavy (non-hydrogen) atoms. The predicted octanol–water partition coefficient (Wildman–Crippen LogP) is 3.41. The first-order valence-corrected chi connectivity index (χ1v) is 6.65. The number of H-pyrrole nitrogens is 1. The highest BCUT2D eigenvalue weighted by Crippen LogP contribution is 2.30. The lowest BCUT2D eigenvalue weighted by atomic mass is 10.1. The van der Waals surface area contributed by atoms with E-state index < -0.39 is 5.97 Å². The van der Waals surface area contributed by atoms with Crippen molar-refractivity contribution in [2.24, 2.45) is 5.16 Å². The number of ether oxygens (including phenoxy) is 1. The zero-order chi connectivity index (χ0) is 14.7. The van der Waals surface area contributed by atoms with E-state index in [1.165, 1.54) is 0 Å². The average molecular weight is 315 g/mol. The molecule has 2 aromatic rings. The van der Waals surface area contributed by atoms with Crippen molar-refractivity contribution in [2.75, 3.05) is 6.61 Å². The topological polar surface area (TPSA) is 74.7 Å². The van der Waals surface area contributed by atoms with Crippen molar-refractivity contribution in [3.8, 4) is 0 Å². The van der Waals surface area contributed by atoms with Crippen molar-refractivity contribution in [1.82, 2.24) is 4.98 Å². The lowest BCUT2D eigenvalue weighted by molar-refractivity contribution is -0.135. The Morgan fingerprint density at radius 1 is 1.45 bits per heavy atom. The molecule has 0 aliphatic heterocycles. The molecule has 1 aromatic heterocycles. The molecule has 0 fully saturated rings. The second kappa shape index (κ2) is 6.15. The molecule has 0 atom stereocenters. The van der Waals surface area contributed by atoms with Gasteiger partial charge in [0.05, 0.1) is 11.6 Å². The van der Waals surface area contributed by atoms with Gasteiger partial charge in [-0.1, -0.05) is 28.4 Å². The number of nitrogens with zero attached hydrogens (tertiary/aromatic N) is 1. The van der Waals surface area contributed by atoms with E-state index in [-0.39, 0.29) is 18.7 Å². The number of halogens is 2. The molecule has 1 heterocycles. The Labute approximate surface area is 125 Å². The molecule has 1 aromatic carbocycles. The quantitative estimate of drug-likeness (QED) is 0.393. The van der Waals surface area contributed by atoms with Crippen LogP contribution in [0.4, 0.5) is 0 Å². The number of rotatable bonds is 4. The summed E-state index contributed by atoms with van der Waals surface area (Å²) in [7, 11) is 0. The van der Waals surface area contributed by atoms with Gasteiger partial charge in [0.1, 0.15) is 0 Å². The third-order valence-electron chi connectivity index (χ3n) is 2.77. The first kappa shape index (κ1) is 14.7. The predicted molar refractivity (Wildman–Crippen MR) is 77.9 cm³/mol. The molecule has 0 bridgehead atoms. The lowest BCUT2D eigenvalue weighted by Gasteiger charge is -2.04. The lowest BCUT2D eigenvalue weighted by Crippen LogP contribution is -2.19. The number of oxime groups is 1. The molecule has 0 unspecified atom stereocenters. The van der Waals surface area contributed by atoms with E-state index in [1.54, 1.807) is 25.3 Å². The van der Waals surface area contributed by atoms with Crippen molar-refractivity contribution in [3.63, 3.8) is 0 Å². The van der Waals surface area contributed by atoms with Crippen LogP contribution in [0.5, 0.6) is 0 Å². The molecule has 2 N–H and O–H groups in total. The highest BCUT2D eigenvalue weighted by atomic mass is 35.5. The minimum absolute atomic E-state index is 0.0845. The summed E-state index contributed by atoms with van der Waals surface area (Å²) in [6, 6.07) is 3.34. The fraction of sp³-hybridized carbons (Fsp3) is 0.231. The van der Waals surface area contributed by atoms with Gasteiger partial charge < -0.3 is 14.9 Å². The molecular formula is C13H12Cl2N2O3.